The highest BCUT2D eigenvalue weighted by molar-refractivity contribution is 5.94. The van der Waals surface area contributed by atoms with E-state index in [4.69, 9.17) is 9.47 Å². The molecular formula is C25H32FNO3. The van der Waals surface area contributed by atoms with E-state index >= 15 is 0 Å². The van der Waals surface area contributed by atoms with Crippen molar-refractivity contribution in [2.45, 2.75) is 71.2 Å². The molecule has 30 heavy (non-hydrogen) atoms. The molecule has 0 spiro atoms. The van der Waals surface area contributed by atoms with Crippen LogP contribution in [0.15, 0.2) is 48.5 Å². The number of amides is 1. The average molecular weight is 414 g/mol. The largest absolute Gasteiger partial charge is 0.488 e. The summed E-state index contributed by atoms with van der Waals surface area (Å²) in [5, 5.41) is 0. The quantitative estimate of drug-likeness (QED) is 0.640. The molecule has 0 radical (unpaired) electrons. The molecular weight excluding hydrogens is 381 g/mol. The fourth-order valence-corrected chi connectivity index (χ4v) is 3.80. The SMILES string of the molecule is CC(C)(C)Oc1ccc(C(=O)N(Cc2ccc(F)cc2)C2CCOC(C)(C)C2)cc1. The Kier molecular flexibility index (Phi) is 6.51. The van der Waals surface area contributed by atoms with Crippen LogP contribution < -0.4 is 4.74 Å². The second-order valence-electron chi connectivity index (χ2n) is 9.55. The van der Waals surface area contributed by atoms with Gasteiger partial charge in [-0.2, -0.15) is 0 Å². The molecule has 2 aromatic rings. The second kappa shape index (κ2) is 8.76. The number of carbonyl (C=O) groups is 1. The molecule has 1 heterocycles. The lowest BCUT2D eigenvalue weighted by atomic mass is 9.92. The summed E-state index contributed by atoms with van der Waals surface area (Å²) in [6.07, 6.45) is 1.53. The van der Waals surface area contributed by atoms with Gasteiger partial charge in [0.1, 0.15) is 17.2 Å². The van der Waals surface area contributed by atoms with Gasteiger partial charge in [-0.25, -0.2) is 4.39 Å². The highest BCUT2D eigenvalue weighted by atomic mass is 19.1. The third kappa shape index (κ3) is 6.05. The maximum atomic E-state index is 13.5. The van der Waals surface area contributed by atoms with E-state index in [0.29, 0.717) is 18.7 Å². The van der Waals surface area contributed by atoms with Gasteiger partial charge < -0.3 is 14.4 Å². The summed E-state index contributed by atoms with van der Waals surface area (Å²) in [7, 11) is 0. The number of rotatable bonds is 5. The van der Waals surface area contributed by atoms with E-state index in [1.165, 1.54) is 12.1 Å². The highest BCUT2D eigenvalue weighted by Gasteiger charge is 2.34. The number of carbonyl (C=O) groups excluding carboxylic acids is 1. The van der Waals surface area contributed by atoms with Gasteiger partial charge in [0, 0.05) is 24.8 Å². The van der Waals surface area contributed by atoms with Crippen LogP contribution >= 0.6 is 0 Å². The Morgan fingerprint density at radius 2 is 1.77 bits per heavy atom. The van der Waals surface area contributed by atoms with Gasteiger partial charge in [-0.1, -0.05) is 12.1 Å². The summed E-state index contributed by atoms with van der Waals surface area (Å²) >= 11 is 0. The minimum absolute atomic E-state index is 0.0377. The fraction of sp³-hybridized carbons (Fsp3) is 0.480. The summed E-state index contributed by atoms with van der Waals surface area (Å²) in [6, 6.07) is 13.7. The molecule has 1 amide bonds. The fourth-order valence-electron chi connectivity index (χ4n) is 3.80. The maximum absolute atomic E-state index is 13.5. The second-order valence-corrected chi connectivity index (χ2v) is 9.55. The number of nitrogens with zero attached hydrogens (tertiary/aromatic N) is 1. The smallest absolute Gasteiger partial charge is 0.254 e. The summed E-state index contributed by atoms with van der Waals surface area (Å²) in [5.41, 5.74) is 0.937. The van der Waals surface area contributed by atoms with Crippen LogP contribution in [0.5, 0.6) is 5.75 Å². The molecule has 1 aliphatic heterocycles. The van der Waals surface area contributed by atoms with Gasteiger partial charge in [0.15, 0.2) is 0 Å². The topological polar surface area (TPSA) is 38.8 Å². The predicted molar refractivity (Wildman–Crippen MR) is 116 cm³/mol. The number of benzene rings is 2. The molecule has 162 valence electrons. The van der Waals surface area contributed by atoms with Gasteiger partial charge in [-0.15, -0.1) is 0 Å². The van der Waals surface area contributed by atoms with Crippen LogP contribution in [0.4, 0.5) is 4.39 Å². The molecule has 0 saturated carbocycles. The Hall–Kier alpha value is -2.40. The van der Waals surface area contributed by atoms with Crippen molar-refractivity contribution in [1.82, 2.24) is 4.90 Å². The summed E-state index contributed by atoms with van der Waals surface area (Å²) in [6.45, 7) is 11.1. The molecule has 1 atom stereocenters. The third-order valence-electron chi connectivity index (χ3n) is 5.16. The predicted octanol–water partition coefficient (Wildman–Crippen LogP) is 5.60. The minimum Gasteiger partial charge on any atom is -0.488 e. The molecule has 0 N–H and O–H groups in total. The first-order chi connectivity index (χ1) is 14.0. The monoisotopic (exact) mass is 413 g/mol. The molecule has 1 unspecified atom stereocenters. The van der Waals surface area contributed by atoms with Crippen LogP contribution in [0.1, 0.15) is 63.4 Å². The van der Waals surface area contributed by atoms with Gasteiger partial charge in [-0.05, 0) is 89.4 Å². The van der Waals surface area contributed by atoms with E-state index < -0.39 is 0 Å². The molecule has 3 rings (SSSR count). The molecule has 2 aromatic carbocycles. The van der Waals surface area contributed by atoms with E-state index in [-0.39, 0.29) is 29.0 Å². The summed E-state index contributed by atoms with van der Waals surface area (Å²) in [4.78, 5) is 15.4. The molecule has 0 bridgehead atoms. The lowest BCUT2D eigenvalue weighted by Crippen LogP contribution is -2.48. The van der Waals surface area contributed by atoms with Crippen molar-refractivity contribution in [2.24, 2.45) is 0 Å². The number of ether oxygens (including phenoxy) is 2. The molecule has 0 aromatic heterocycles. The van der Waals surface area contributed by atoms with Crippen LogP contribution in [0.3, 0.4) is 0 Å². The number of hydrogen-bond donors (Lipinski definition) is 0. The Morgan fingerprint density at radius 3 is 2.33 bits per heavy atom. The van der Waals surface area contributed by atoms with Crippen LogP contribution in [-0.2, 0) is 11.3 Å². The Labute approximate surface area is 179 Å². The normalized spacial score (nSPS) is 18.7. The first-order valence-corrected chi connectivity index (χ1v) is 10.5. The van der Waals surface area contributed by atoms with Crippen LogP contribution in [0.25, 0.3) is 0 Å². The van der Waals surface area contributed by atoms with E-state index in [1.54, 1.807) is 12.1 Å². The molecule has 5 heteroatoms. The molecule has 4 nitrogen and oxygen atoms in total. The number of halogens is 1. The standard InChI is InChI=1S/C25H32FNO3/c1-24(2,3)30-22-12-8-19(9-13-22)23(28)27(17-18-6-10-20(26)11-7-18)21-14-15-29-25(4,5)16-21/h6-13,21H,14-17H2,1-5H3. The maximum Gasteiger partial charge on any atom is 0.254 e. The van der Waals surface area contributed by atoms with Gasteiger partial charge >= 0.3 is 0 Å². The first-order valence-electron chi connectivity index (χ1n) is 10.5. The zero-order chi connectivity index (χ0) is 21.9. The third-order valence-corrected chi connectivity index (χ3v) is 5.16. The molecule has 0 aliphatic carbocycles. The number of hydrogen-bond acceptors (Lipinski definition) is 3. The van der Waals surface area contributed by atoms with Crippen LogP contribution in [0, 0.1) is 5.82 Å². The van der Waals surface area contributed by atoms with Crippen molar-refractivity contribution >= 4 is 5.91 Å². The van der Waals surface area contributed by atoms with Crippen molar-refractivity contribution < 1.29 is 18.7 Å². The lowest BCUT2D eigenvalue weighted by Gasteiger charge is -2.41. The van der Waals surface area contributed by atoms with E-state index in [1.807, 2.05) is 49.9 Å². The first kappa shape index (κ1) is 22.3. The van der Waals surface area contributed by atoms with Crippen molar-refractivity contribution in [3.63, 3.8) is 0 Å². The summed E-state index contributed by atoms with van der Waals surface area (Å²) < 4.78 is 25.1. The zero-order valence-corrected chi connectivity index (χ0v) is 18.6. The van der Waals surface area contributed by atoms with Gasteiger partial charge in [-0.3, -0.25) is 4.79 Å². The molecule has 1 saturated heterocycles. The zero-order valence-electron chi connectivity index (χ0n) is 18.6. The van der Waals surface area contributed by atoms with Gasteiger partial charge in [0.25, 0.3) is 5.91 Å². The summed E-state index contributed by atoms with van der Waals surface area (Å²) in [5.74, 6) is 0.416. The van der Waals surface area contributed by atoms with Crippen molar-refractivity contribution in [1.29, 1.82) is 0 Å². The van der Waals surface area contributed by atoms with Gasteiger partial charge in [0.2, 0.25) is 0 Å². The highest BCUT2D eigenvalue weighted by Crippen LogP contribution is 2.30. The van der Waals surface area contributed by atoms with Crippen molar-refractivity contribution in [2.75, 3.05) is 6.61 Å². The van der Waals surface area contributed by atoms with Crippen molar-refractivity contribution in [3.8, 4) is 5.75 Å². The average Bonchev–Trinajstić information content (AvgIpc) is 2.65. The van der Waals surface area contributed by atoms with E-state index in [9.17, 15) is 9.18 Å². The Morgan fingerprint density at radius 1 is 1.13 bits per heavy atom. The Balaban J connectivity index is 1.84. The van der Waals surface area contributed by atoms with Crippen LogP contribution in [-0.4, -0.2) is 34.7 Å². The molecule has 1 fully saturated rings. The van der Waals surface area contributed by atoms with Crippen molar-refractivity contribution in [3.05, 3.63) is 65.5 Å². The van der Waals surface area contributed by atoms with Gasteiger partial charge in [0.05, 0.1) is 5.60 Å². The van der Waals surface area contributed by atoms with E-state index in [2.05, 4.69) is 13.8 Å². The van der Waals surface area contributed by atoms with E-state index in [0.717, 1.165) is 24.2 Å². The minimum atomic E-state index is -0.298. The van der Waals surface area contributed by atoms with Crippen LogP contribution in [0.2, 0.25) is 0 Å². The lowest BCUT2D eigenvalue weighted by molar-refractivity contribution is -0.0792. The molecule has 1 aliphatic rings. The Bertz CT molecular complexity index is 853.